The lowest BCUT2D eigenvalue weighted by molar-refractivity contribution is 0.100. The Morgan fingerprint density at radius 2 is 1.83 bits per heavy atom. The fraction of sp³-hybridized carbons (Fsp3) is 0. The van der Waals surface area contributed by atoms with Crippen molar-refractivity contribution in [1.29, 1.82) is 0 Å². The van der Waals surface area contributed by atoms with E-state index in [1.165, 1.54) is 18.2 Å². The molecule has 2 aromatic carbocycles. The minimum absolute atomic E-state index is 0.209. The van der Waals surface area contributed by atoms with Crippen molar-refractivity contribution >= 4 is 21.8 Å². The third-order valence-corrected chi connectivity index (χ3v) is 2.88. The Bertz CT molecular complexity index is 628. The summed E-state index contributed by atoms with van der Waals surface area (Å²) in [6.07, 6.45) is 0. The molecule has 0 aliphatic rings. The molecule has 0 saturated carbocycles. The molecule has 0 saturated heterocycles. The maximum Gasteiger partial charge on any atom is 0.248 e. The number of amides is 1. The third-order valence-electron chi connectivity index (χ3n) is 2.42. The standard InChI is InChI=1S/C13H8BrF2NO/c14-9-4-7(3-8(5-9)13(17)18)11-2-1-10(15)6-12(11)16/h1-6H,(H2,17,18). The van der Waals surface area contributed by atoms with Gasteiger partial charge in [0.2, 0.25) is 5.91 Å². The van der Waals surface area contributed by atoms with Gasteiger partial charge in [-0.2, -0.15) is 0 Å². The van der Waals surface area contributed by atoms with Crippen LogP contribution >= 0.6 is 15.9 Å². The lowest BCUT2D eigenvalue weighted by Crippen LogP contribution is -2.10. The molecule has 0 unspecified atom stereocenters. The van der Waals surface area contributed by atoms with Gasteiger partial charge in [-0.05, 0) is 35.9 Å². The minimum atomic E-state index is -0.691. The maximum absolute atomic E-state index is 13.6. The van der Waals surface area contributed by atoms with Crippen molar-refractivity contribution in [3.05, 3.63) is 58.1 Å². The molecular weight excluding hydrogens is 304 g/mol. The van der Waals surface area contributed by atoms with Gasteiger partial charge in [0, 0.05) is 21.7 Å². The van der Waals surface area contributed by atoms with Gasteiger partial charge in [-0.25, -0.2) is 8.78 Å². The SMILES string of the molecule is NC(=O)c1cc(Br)cc(-c2ccc(F)cc2F)c1. The molecule has 0 heterocycles. The first kappa shape index (κ1) is 12.7. The van der Waals surface area contributed by atoms with Crippen LogP contribution in [-0.4, -0.2) is 5.91 Å². The quantitative estimate of drug-likeness (QED) is 0.906. The van der Waals surface area contributed by atoms with Crippen molar-refractivity contribution in [2.24, 2.45) is 5.73 Å². The Hall–Kier alpha value is -1.75. The minimum Gasteiger partial charge on any atom is -0.366 e. The highest BCUT2D eigenvalue weighted by Crippen LogP contribution is 2.27. The summed E-state index contributed by atoms with van der Waals surface area (Å²) in [6, 6.07) is 7.89. The summed E-state index contributed by atoms with van der Waals surface area (Å²) in [7, 11) is 0. The highest BCUT2D eigenvalue weighted by molar-refractivity contribution is 9.10. The van der Waals surface area contributed by atoms with E-state index in [-0.39, 0.29) is 11.1 Å². The van der Waals surface area contributed by atoms with Gasteiger partial charge < -0.3 is 5.73 Å². The Morgan fingerprint density at radius 3 is 2.44 bits per heavy atom. The van der Waals surface area contributed by atoms with Gasteiger partial charge in [-0.1, -0.05) is 15.9 Å². The second-order valence-corrected chi connectivity index (χ2v) is 4.63. The van der Waals surface area contributed by atoms with Crippen molar-refractivity contribution in [3.8, 4) is 11.1 Å². The molecule has 0 fully saturated rings. The molecule has 0 atom stereocenters. The number of halogens is 3. The molecule has 5 heteroatoms. The molecule has 0 aromatic heterocycles. The average Bonchev–Trinajstić information content (AvgIpc) is 2.27. The van der Waals surface area contributed by atoms with E-state index in [4.69, 9.17) is 5.73 Å². The van der Waals surface area contributed by atoms with Crippen LogP contribution in [0.3, 0.4) is 0 Å². The molecule has 0 spiro atoms. The monoisotopic (exact) mass is 311 g/mol. The number of rotatable bonds is 2. The van der Waals surface area contributed by atoms with Crippen LogP contribution in [0.4, 0.5) is 8.78 Å². The smallest absolute Gasteiger partial charge is 0.248 e. The second kappa shape index (κ2) is 4.86. The summed E-state index contributed by atoms with van der Waals surface area (Å²) in [5.41, 5.74) is 6.09. The predicted octanol–water partition coefficient (Wildman–Crippen LogP) is 3.49. The summed E-state index contributed by atoms with van der Waals surface area (Å²) >= 11 is 3.21. The molecule has 0 bridgehead atoms. The fourth-order valence-electron chi connectivity index (χ4n) is 1.61. The van der Waals surface area contributed by atoms with Crippen molar-refractivity contribution < 1.29 is 13.6 Å². The van der Waals surface area contributed by atoms with Crippen LogP contribution in [0.15, 0.2) is 40.9 Å². The number of nitrogens with two attached hydrogens (primary N) is 1. The van der Waals surface area contributed by atoms with E-state index >= 15 is 0 Å². The zero-order valence-corrected chi connectivity index (χ0v) is 10.7. The van der Waals surface area contributed by atoms with E-state index in [1.54, 1.807) is 6.07 Å². The summed E-state index contributed by atoms with van der Waals surface area (Å²) in [4.78, 5) is 11.1. The van der Waals surface area contributed by atoms with E-state index in [2.05, 4.69) is 15.9 Å². The van der Waals surface area contributed by atoms with E-state index in [0.29, 0.717) is 10.0 Å². The van der Waals surface area contributed by atoms with Gasteiger partial charge in [0.15, 0.2) is 0 Å². The van der Waals surface area contributed by atoms with Crippen LogP contribution in [0.2, 0.25) is 0 Å². The zero-order chi connectivity index (χ0) is 13.3. The maximum atomic E-state index is 13.6. The molecule has 2 N–H and O–H groups in total. The number of carbonyl (C=O) groups excluding carboxylic acids is 1. The molecule has 2 nitrogen and oxygen atoms in total. The first-order valence-electron chi connectivity index (χ1n) is 5.03. The van der Waals surface area contributed by atoms with Crippen LogP contribution < -0.4 is 5.73 Å². The highest BCUT2D eigenvalue weighted by atomic mass is 79.9. The fourth-order valence-corrected chi connectivity index (χ4v) is 2.10. The summed E-state index contributed by atoms with van der Waals surface area (Å²) in [5, 5.41) is 0. The van der Waals surface area contributed by atoms with E-state index in [9.17, 15) is 13.6 Å². The molecule has 1 amide bonds. The van der Waals surface area contributed by atoms with Gasteiger partial charge in [0.1, 0.15) is 11.6 Å². The molecule has 0 aliphatic carbocycles. The van der Waals surface area contributed by atoms with Crippen LogP contribution in [0, 0.1) is 11.6 Å². The van der Waals surface area contributed by atoms with Gasteiger partial charge in [-0.15, -0.1) is 0 Å². The van der Waals surface area contributed by atoms with Crippen LogP contribution in [0.1, 0.15) is 10.4 Å². The highest BCUT2D eigenvalue weighted by Gasteiger charge is 2.10. The van der Waals surface area contributed by atoms with Crippen LogP contribution in [0.5, 0.6) is 0 Å². The van der Waals surface area contributed by atoms with Gasteiger partial charge >= 0.3 is 0 Å². The lowest BCUT2D eigenvalue weighted by Gasteiger charge is -2.06. The number of hydrogen-bond donors (Lipinski definition) is 1. The summed E-state index contributed by atoms with van der Waals surface area (Å²) in [5.74, 6) is -1.95. The second-order valence-electron chi connectivity index (χ2n) is 3.72. The first-order valence-corrected chi connectivity index (χ1v) is 5.82. The number of benzene rings is 2. The lowest BCUT2D eigenvalue weighted by atomic mass is 10.0. The number of hydrogen-bond acceptors (Lipinski definition) is 1. The Kier molecular flexibility index (Phi) is 3.43. The third kappa shape index (κ3) is 2.56. The van der Waals surface area contributed by atoms with Crippen LogP contribution in [-0.2, 0) is 0 Å². The molecular formula is C13H8BrF2NO. The number of carbonyl (C=O) groups is 1. The van der Waals surface area contributed by atoms with Crippen molar-refractivity contribution in [2.45, 2.75) is 0 Å². The van der Waals surface area contributed by atoms with Crippen molar-refractivity contribution in [3.63, 3.8) is 0 Å². The molecule has 18 heavy (non-hydrogen) atoms. The molecule has 2 rings (SSSR count). The topological polar surface area (TPSA) is 43.1 Å². The predicted molar refractivity (Wildman–Crippen MR) is 68.0 cm³/mol. The first-order chi connectivity index (χ1) is 8.47. The average molecular weight is 312 g/mol. The van der Waals surface area contributed by atoms with Crippen molar-refractivity contribution in [2.75, 3.05) is 0 Å². The normalized spacial score (nSPS) is 10.4. The van der Waals surface area contributed by atoms with E-state index < -0.39 is 17.5 Å². The molecule has 92 valence electrons. The zero-order valence-electron chi connectivity index (χ0n) is 9.08. The Labute approximate surface area is 111 Å². The summed E-state index contributed by atoms with van der Waals surface area (Å²) in [6.45, 7) is 0. The summed E-state index contributed by atoms with van der Waals surface area (Å²) < 4.78 is 27.1. The van der Waals surface area contributed by atoms with Gasteiger partial charge in [-0.3, -0.25) is 4.79 Å². The molecule has 0 radical (unpaired) electrons. The largest absolute Gasteiger partial charge is 0.366 e. The van der Waals surface area contributed by atoms with E-state index in [0.717, 1.165) is 12.1 Å². The Balaban J connectivity index is 2.60. The molecule has 2 aromatic rings. The molecule has 0 aliphatic heterocycles. The number of primary amides is 1. The van der Waals surface area contributed by atoms with Crippen LogP contribution in [0.25, 0.3) is 11.1 Å². The van der Waals surface area contributed by atoms with Gasteiger partial charge in [0.25, 0.3) is 0 Å². The Morgan fingerprint density at radius 1 is 1.11 bits per heavy atom. The van der Waals surface area contributed by atoms with E-state index in [1.807, 2.05) is 0 Å². The van der Waals surface area contributed by atoms with Crippen molar-refractivity contribution in [1.82, 2.24) is 0 Å². The van der Waals surface area contributed by atoms with Gasteiger partial charge in [0.05, 0.1) is 0 Å².